The fraction of sp³-hybridized carbons (Fsp3) is 0.281. The number of phenols is 1. The van der Waals surface area contributed by atoms with E-state index in [2.05, 4.69) is 5.32 Å². The Morgan fingerprint density at radius 2 is 1.70 bits per heavy atom. The first-order valence-electron chi connectivity index (χ1n) is 14.1. The molecule has 0 fully saturated rings. The Morgan fingerprint density at radius 3 is 2.41 bits per heavy atom. The van der Waals surface area contributed by atoms with E-state index in [0.717, 1.165) is 11.1 Å². The topological polar surface area (TPSA) is 133 Å². The number of halogens is 1. The number of carbonyl (C=O) groups excluding carboxylic acids is 1. The molecule has 224 valence electrons. The Bertz CT molecular complexity index is 1710. The summed E-state index contributed by atoms with van der Waals surface area (Å²) >= 11 is 0. The van der Waals surface area contributed by atoms with Crippen LogP contribution in [0, 0.1) is 5.82 Å². The van der Waals surface area contributed by atoms with Crippen molar-refractivity contribution in [2.75, 3.05) is 17.7 Å². The second-order valence-corrected chi connectivity index (χ2v) is 12.1. The zero-order valence-electron chi connectivity index (χ0n) is 24.4. The number of phenolic OH excluding ortho intramolecular Hbond substituents is 1. The molecular formula is C32H32FN3NaO6S+. The minimum atomic E-state index is -4.20. The summed E-state index contributed by atoms with van der Waals surface area (Å²) in [5.74, 6) is -0.271. The van der Waals surface area contributed by atoms with Crippen LogP contribution >= 0.6 is 0 Å². The van der Waals surface area contributed by atoms with Gasteiger partial charge in [-0.05, 0) is 60.4 Å². The van der Waals surface area contributed by atoms with Gasteiger partial charge in [0.25, 0.3) is 0 Å². The first kappa shape index (κ1) is 33.5. The summed E-state index contributed by atoms with van der Waals surface area (Å²) in [6.45, 7) is 0.259. The number of unbranched alkanes of at least 4 members (excludes halogenated alkanes) is 3. The summed E-state index contributed by atoms with van der Waals surface area (Å²) in [6, 6.07) is 20.5. The third-order valence-corrected chi connectivity index (χ3v) is 8.02. The van der Waals surface area contributed by atoms with E-state index in [4.69, 9.17) is 9.72 Å². The van der Waals surface area contributed by atoms with Gasteiger partial charge >= 0.3 is 41.3 Å². The van der Waals surface area contributed by atoms with Gasteiger partial charge in [0, 0.05) is 24.2 Å². The van der Waals surface area contributed by atoms with Crippen LogP contribution in [0.15, 0.2) is 79.0 Å². The predicted octanol–water partition coefficient (Wildman–Crippen LogP) is 1.64. The van der Waals surface area contributed by atoms with Crippen molar-refractivity contribution < 1.29 is 66.1 Å². The molecule has 4 aromatic rings. The van der Waals surface area contributed by atoms with Gasteiger partial charge in [0.2, 0.25) is 0 Å². The minimum Gasteiger partial charge on any atom is -0.748 e. The van der Waals surface area contributed by atoms with E-state index < -0.39 is 22.0 Å². The number of nitrogens with one attached hydrogen (secondary N) is 1. The van der Waals surface area contributed by atoms with Gasteiger partial charge in [0.15, 0.2) is 17.6 Å². The maximum atomic E-state index is 14.9. The molecule has 0 spiro atoms. The van der Waals surface area contributed by atoms with Crippen LogP contribution in [0.3, 0.4) is 0 Å². The maximum Gasteiger partial charge on any atom is 1.00 e. The summed E-state index contributed by atoms with van der Waals surface area (Å²) in [5.41, 5.74) is 3.70. The van der Waals surface area contributed by atoms with Crippen molar-refractivity contribution in [3.63, 3.8) is 0 Å². The van der Waals surface area contributed by atoms with Crippen LogP contribution < -0.4 is 44.2 Å². The van der Waals surface area contributed by atoms with E-state index in [9.17, 15) is 27.3 Å². The number of carbonyl (C=O) groups is 1. The Kier molecular flexibility index (Phi) is 11.5. The van der Waals surface area contributed by atoms with Crippen molar-refractivity contribution >= 4 is 21.8 Å². The maximum absolute atomic E-state index is 14.9. The number of benzene rings is 3. The van der Waals surface area contributed by atoms with Crippen LogP contribution in [0.5, 0.6) is 11.5 Å². The number of ether oxygens (including phenoxy) is 1. The average Bonchev–Trinajstić information content (AvgIpc) is 3.29. The van der Waals surface area contributed by atoms with Gasteiger partial charge in [-0.1, -0.05) is 49.2 Å². The first-order chi connectivity index (χ1) is 20.7. The molecule has 1 aliphatic heterocycles. The van der Waals surface area contributed by atoms with Crippen molar-refractivity contribution in [3.8, 4) is 22.8 Å². The Labute approximate surface area is 278 Å². The van der Waals surface area contributed by atoms with Gasteiger partial charge in [-0.15, -0.1) is 0 Å². The fourth-order valence-electron chi connectivity index (χ4n) is 5.04. The van der Waals surface area contributed by atoms with Crippen LogP contribution in [0.1, 0.15) is 47.3 Å². The molecule has 1 atom stereocenters. The number of fused-ring (bicyclic) bond motifs is 1. The molecule has 12 heteroatoms. The van der Waals surface area contributed by atoms with Gasteiger partial charge in [-0.2, -0.15) is 4.57 Å². The van der Waals surface area contributed by atoms with E-state index in [0.29, 0.717) is 54.9 Å². The van der Waals surface area contributed by atoms with Crippen molar-refractivity contribution in [3.05, 3.63) is 102 Å². The first-order valence-corrected chi connectivity index (χ1v) is 15.7. The number of anilines is 1. The summed E-state index contributed by atoms with van der Waals surface area (Å²) in [4.78, 5) is 18.4. The van der Waals surface area contributed by atoms with Crippen molar-refractivity contribution in [1.82, 2.24) is 4.98 Å². The van der Waals surface area contributed by atoms with Crippen molar-refractivity contribution in [2.24, 2.45) is 0 Å². The molecule has 0 saturated heterocycles. The second-order valence-electron chi connectivity index (χ2n) is 10.5. The van der Waals surface area contributed by atoms with E-state index >= 15 is 0 Å². The van der Waals surface area contributed by atoms with E-state index in [1.165, 1.54) is 6.07 Å². The van der Waals surface area contributed by atoms with E-state index in [1.54, 1.807) is 47.2 Å². The smallest absolute Gasteiger partial charge is 0.748 e. The zero-order chi connectivity index (χ0) is 30.4. The molecule has 0 saturated carbocycles. The molecule has 44 heavy (non-hydrogen) atoms. The molecule has 1 unspecified atom stereocenters. The number of aromatic nitrogens is 2. The van der Waals surface area contributed by atoms with Gasteiger partial charge in [0.1, 0.15) is 23.3 Å². The molecule has 1 aliphatic rings. The van der Waals surface area contributed by atoms with E-state index in [-0.39, 0.29) is 65.7 Å². The van der Waals surface area contributed by atoms with Crippen LogP contribution in [0.25, 0.3) is 11.3 Å². The molecule has 2 heterocycles. The van der Waals surface area contributed by atoms with Crippen LogP contribution in [-0.2, 0) is 23.0 Å². The molecule has 1 aromatic heterocycles. The van der Waals surface area contributed by atoms with Crippen LogP contribution in [0.2, 0.25) is 0 Å². The summed E-state index contributed by atoms with van der Waals surface area (Å²) in [7, 11) is -4.20. The quantitative estimate of drug-likeness (QED) is 0.0989. The predicted molar refractivity (Wildman–Crippen MR) is 157 cm³/mol. The fourth-order valence-corrected chi connectivity index (χ4v) is 5.59. The van der Waals surface area contributed by atoms with Gasteiger partial charge in [0.05, 0.1) is 16.7 Å². The third-order valence-electron chi connectivity index (χ3n) is 7.23. The van der Waals surface area contributed by atoms with Crippen molar-refractivity contribution in [1.29, 1.82) is 0 Å². The number of hydrogen-bond acceptors (Lipinski definition) is 8. The minimum absolute atomic E-state index is 0. The number of hydrogen-bond donors (Lipinski definition) is 2. The largest absolute Gasteiger partial charge is 1.00 e. The van der Waals surface area contributed by atoms with Crippen LogP contribution in [-0.4, -0.2) is 47.4 Å². The molecular weight excluding hydrogens is 596 g/mol. The summed E-state index contributed by atoms with van der Waals surface area (Å²) < 4.78 is 53.9. The number of rotatable bonds is 13. The third kappa shape index (κ3) is 8.86. The summed E-state index contributed by atoms with van der Waals surface area (Å²) in [6.07, 6.45) is 4.57. The Balaban J connectivity index is 0.00000442. The molecule has 9 nitrogen and oxygen atoms in total. The monoisotopic (exact) mass is 628 g/mol. The average molecular weight is 629 g/mol. The normalized spacial score (nSPS) is 14.0. The zero-order valence-corrected chi connectivity index (χ0v) is 27.2. The molecule has 0 bridgehead atoms. The molecule has 0 aliphatic carbocycles. The van der Waals surface area contributed by atoms with Gasteiger partial charge in [-0.25, -0.2) is 22.6 Å². The van der Waals surface area contributed by atoms with Crippen LogP contribution in [0.4, 0.5) is 10.2 Å². The van der Waals surface area contributed by atoms with Gasteiger partial charge in [-0.3, -0.25) is 5.32 Å². The van der Waals surface area contributed by atoms with Crippen molar-refractivity contribution in [2.45, 2.75) is 44.6 Å². The molecule has 0 amide bonds. The Hall–Kier alpha value is -3.35. The van der Waals surface area contributed by atoms with E-state index in [1.807, 2.05) is 30.3 Å². The SMILES string of the molecule is O=C1C(Cc2ccc(OCCCCCCS(=O)(=O)[O-])c(F)c2)Nc2c(Cc3ccccc3)nc(-c3ccc(O)cc3)c[n+]21.[Na+]. The Morgan fingerprint density at radius 1 is 0.977 bits per heavy atom. The standard InChI is InChI=1S/C32H32FN3O6S.Na/c33-26-18-23(10-15-30(26)42-16-6-1-2-7-17-43(39,40)41)20-28-32(38)36-21-29(24-11-13-25(37)14-12-24)34-27(31(36)35-28)19-22-8-4-3-5-9-22;/h3-5,8-15,18,21,28H,1-2,6-7,16-17,19-20H2,(H2,37,39,40,41);/q;+1. The second kappa shape index (κ2) is 15.1. The molecule has 0 radical (unpaired) electrons. The summed E-state index contributed by atoms with van der Waals surface area (Å²) in [5, 5.41) is 13.0. The molecule has 3 aromatic carbocycles. The molecule has 2 N–H and O–H groups in total. The number of nitrogens with zero attached hydrogens (tertiary/aromatic N) is 2. The van der Waals surface area contributed by atoms with Gasteiger partial charge < -0.3 is 14.4 Å². The molecule has 5 rings (SSSR count). The number of aromatic hydroxyl groups is 1.